The van der Waals surface area contributed by atoms with E-state index in [1.165, 1.54) is 17.0 Å². The molecule has 5 rings (SSSR count). The fourth-order valence-corrected chi connectivity index (χ4v) is 5.09. The van der Waals surface area contributed by atoms with E-state index < -0.39 is 17.6 Å². The second-order valence-corrected chi connectivity index (χ2v) is 11.4. The van der Waals surface area contributed by atoms with Gasteiger partial charge in [0.05, 0.1) is 12.6 Å². The molecule has 1 aliphatic rings. The lowest BCUT2D eigenvalue weighted by atomic mass is 9.94. The molecule has 1 aromatic heterocycles. The summed E-state index contributed by atoms with van der Waals surface area (Å²) in [6, 6.07) is 19.4. The SMILES string of the molecule is CC(C)(C)N(Cc1cc2cc(-c3ccc(OC4CCC(F)(F)CC4)cc3)cc(-c3ccc(F)cc3)c2o1)C(=O)O. The molecule has 0 atom stereocenters. The van der Waals surface area contributed by atoms with Gasteiger partial charge >= 0.3 is 6.09 Å². The van der Waals surface area contributed by atoms with Crippen molar-refractivity contribution < 1.29 is 32.2 Å². The summed E-state index contributed by atoms with van der Waals surface area (Å²) in [4.78, 5) is 13.2. The Kier molecular flexibility index (Phi) is 7.29. The number of hydrogen-bond donors (Lipinski definition) is 1. The summed E-state index contributed by atoms with van der Waals surface area (Å²) in [5, 5.41) is 10.5. The molecule has 1 aliphatic carbocycles. The Hall–Kier alpha value is -3.94. The van der Waals surface area contributed by atoms with E-state index in [1.807, 2.05) is 63.2 Å². The summed E-state index contributed by atoms with van der Waals surface area (Å²) in [6.07, 6.45) is -0.942. The van der Waals surface area contributed by atoms with E-state index in [-0.39, 0.29) is 31.3 Å². The number of carbonyl (C=O) groups is 1. The molecule has 1 N–H and O–H groups in total. The minimum Gasteiger partial charge on any atom is -0.490 e. The minimum absolute atomic E-state index is 0.0742. The Morgan fingerprint density at radius 1 is 0.975 bits per heavy atom. The lowest BCUT2D eigenvalue weighted by Gasteiger charge is -2.32. The molecule has 1 fully saturated rings. The zero-order valence-corrected chi connectivity index (χ0v) is 22.7. The molecule has 8 heteroatoms. The predicted octanol–water partition coefficient (Wildman–Crippen LogP) is 9.14. The van der Waals surface area contributed by atoms with Gasteiger partial charge in [0, 0.05) is 29.3 Å². The number of alkyl halides is 2. The smallest absolute Gasteiger partial charge is 0.408 e. The summed E-state index contributed by atoms with van der Waals surface area (Å²) >= 11 is 0. The van der Waals surface area contributed by atoms with Gasteiger partial charge in [0.15, 0.2) is 0 Å². The van der Waals surface area contributed by atoms with Gasteiger partial charge in [-0.3, -0.25) is 4.90 Å². The number of amides is 1. The molecule has 0 spiro atoms. The van der Waals surface area contributed by atoms with Crippen LogP contribution in [0.25, 0.3) is 33.2 Å². The van der Waals surface area contributed by atoms with Crippen LogP contribution in [0.3, 0.4) is 0 Å². The Labute approximate surface area is 231 Å². The van der Waals surface area contributed by atoms with E-state index >= 15 is 0 Å². The summed E-state index contributed by atoms with van der Waals surface area (Å²) in [7, 11) is 0. The maximum Gasteiger partial charge on any atom is 0.408 e. The van der Waals surface area contributed by atoms with Crippen LogP contribution >= 0.6 is 0 Å². The lowest BCUT2D eigenvalue weighted by Crippen LogP contribution is -2.44. The molecule has 210 valence electrons. The molecule has 5 nitrogen and oxygen atoms in total. The van der Waals surface area contributed by atoms with Crippen LogP contribution in [0.4, 0.5) is 18.0 Å². The third kappa shape index (κ3) is 6.11. The fraction of sp³-hybridized carbons (Fsp3) is 0.344. The van der Waals surface area contributed by atoms with Crippen LogP contribution in [0, 0.1) is 5.82 Å². The Morgan fingerprint density at radius 3 is 2.20 bits per heavy atom. The molecule has 4 aromatic rings. The predicted molar refractivity (Wildman–Crippen MR) is 148 cm³/mol. The second kappa shape index (κ2) is 10.6. The van der Waals surface area contributed by atoms with E-state index in [9.17, 15) is 23.1 Å². The highest BCUT2D eigenvalue weighted by molar-refractivity contribution is 5.97. The normalized spacial score (nSPS) is 15.8. The van der Waals surface area contributed by atoms with Gasteiger partial charge in [-0.2, -0.15) is 0 Å². The van der Waals surface area contributed by atoms with Crippen molar-refractivity contribution in [1.82, 2.24) is 4.90 Å². The third-order valence-corrected chi connectivity index (χ3v) is 7.33. The van der Waals surface area contributed by atoms with Gasteiger partial charge < -0.3 is 14.3 Å². The maximum absolute atomic E-state index is 13.7. The molecular formula is C32H32F3NO4. The third-order valence-electron chi connectivity index (χ3n) is 7.33. The number of rotatable bonds is 6. The highest BCUT2D eigenvalue weighted by atomic mass is 19.3. The number of fused-ring (bicyclic) bond motifs is 1. The van der Waals surface area contributed by atoms with E-state index in [1.54, 1.807) is 12.1 Å². The molecule has 1 amide bonds. The highest BCUT2D eigenvalue weighted by Gasteiger charge is 2.35. The molecule has 40 heavy (non-hydrogen) atoms. The molecule has 0 bridgehead atoms. The number of furan rings is 1. The molecule has 1 saturated carbocycles. The maximum atomic E-state index is 13.7. The van der Waals surface area contributed by atoms with E-state index in [0.29, 0.717) is 29.9 Å². The van der Waals surface area contributed by atoms with Crippen LogP contribution < -0.4 is 4.74 Å². The van der Waals surface area contributed by atoms with Gasteiger partial charge in [0.2, 0.25) is 5.92 Å². The lowest BCUT2D eigenvalue weighted by molar-refractivity contribution is -0.0582. The van der Waals surface area contributed by atoms with Gasteiger partial charge in [-0.1, -0.05) is 24.3 Å². The zero-order valence-electron chi connectivity index (χ0n) is 22.7. The van der Waals surface area contributed by atoms with Gasteiger partial charge in [0.1, 0.15) is 22.9 Å². The molecule has 0 aliphatic heterocycles. The summed E-state index contributed by atoms with van der Waals surface area (Å²) in [5.74, 6) is -1.83. The Balaban J connectivity index is 1.48. The summed E-state index contributed by atoms with van der Waals surface area (Å²) in [6.45, 7) is 5.54. The summed E-state index contributed by atoms with van der Waals surface area (Å²) < 4.78 is 52.8. The average Bonchev–Trinajstić information content (AvgIpc) is 3.31. The topological polar surface area (TPSA) is 62.9 Å². The molecule has 0 saturated heterocycles. The van der Waals surface area contributed by atoms with Gasteiger partial charge in [-0.15, -0.1) is 0 Å². The van der Waals surface area contributed by atoms with Crippen LogP contribution in [0.15, 0.2) is 71.1 Å². The van der Waals surface area contributed by atoms with Crippen molar-refractivity contribution in [2.24, 2.45) is 0 Å². The Morgan fingerprint density at radius 2 is 1.60 bits per heavy atom. The van der Waals surface area contributed by atoms with Crippen molar-refractivity contribution in [3.05, 3.63) is 78.3 Å². The van der Waals surface area contributed by atoms with Crippen LogP contribution in [0.2, 0.25) is 0 Å². The van der Waals surface area contributed by atoms with Crippen molar-refractivity contribution >= 4 is 17.1 Å². The van der Waals surface area contributed by atoms with E-state index in [0.717, 1.165) is 27.6 Å². The van der Waals surface area contributed by atoms with Crippen molar-refractivity contribution in [2.75, 3.05) is 0 Å². The minimum atomic E-state index is -2.60. The number of halogens is 3. The van der Waals surface area contributed by atoms with Crippen molar-refractivity contribution in [3.63, 3.8) is 0 Å². The van der Waals surface area contributed by atoms with E-state index in [2.05, 4.69) is 0 Å². The van der Waals surface area contributed by atoms with Crippen molar-refractivity contribution in [2.45, 2.75) is 70.6 Å². The first-order chi connectivity index (χ1) is 18.9. The van der Waals surface area contributed by atoms with Gasteiger partial charge in [-0.05, 0) is 92.8 Å². The molecule has 0 radical (unpaired) electrons. The highest BCUT2D eigenvalue weighted by Crippen LogP contribution is 2.38. The number of carboxylic acid groups (broad SMARTS) is 1. The van der Waals surface area contributed by atoms with E-state index in [4.69, 9.17) is 9.15 Å². The van der Waals surface area contributed by atoms with Crippen LogP contribution in [0.1, 0.15) is 52.2 Å². The monoisotopic (exact) mass is 551 g/mol. The standard InChI is InChI=1S/C32H32F3NO4/c1-31(2,3)36(30(37)38)19-27-17-23-16-22(18-28(29(23)40-27)21-4-8-24(33)9-5-21)20-6-10-25(11-7-20)39-26-12-14-32(34,35)15-13-26/h4-11,16-18,26H,12-15,19H2,1-3H3,(H,37,38). The van der Waals surface area contributed by atoms with Crippen molar-refractivity contribution in [1.29, 1.82) is 0 Å². The largest absolute Gasteiger partial charge is 0.490 e. The number of hydrogen-bond acceptors (Lipinski definition) is 3. The molecule has 3 aromatic carbocycles. The first-order valence-corrected chi connectivity index (χ1v) is 13.4. The molecular weight excluding hydrogens is 519 g/mol. The number of nitrogens with zero attached hydrogens (tertiary/aromatic N) is 1. The fourth-order valence-electron chi connectivity index (χ4n) is 5.09. The number of ether oxygens (including phenoxy) is 1. The van der Waals surface area contributed by atoms with Gasteiger partial charge in [0.25, 0.3) is 0 Å². The second-order valence-electron chi connectivity index (χ2n) is 11.4. The average molecular weight is 552 g/mol. The van der Waals surface area contributed by atoms with Gasteiger partial charge in [-0.25, -0.2) is 18.0 Å². The Bertz CT molecular complexity index is 1490. The van der Waals surface area contributed by atoms with Crippen LogP contribution in [-0.2, 0) is 6.54 Å². The van der Waals surface area contributed by atoms with Crippen molar-refractivity contribution in [3.8, 4) is 28.0 Å². The summed E-state index contributed by atoms with van der Waals surface area (Å²) in [5.41, 5.74) is 3.25. The first kappa shape index (κ1) is 27.6. The molecule has 0 unspecified atom stereocenters. The first-order valence-electron chi connectivity index (χ1n) is 13.4. The van der Waals surface area contributed by atoms with Crippen LogP contribution in [0.5, 0.6) is 5.75 Å². The quantitative estimate of drug-likeness (QED) is 0.260. The number of benzene rings is 3. The van der Waals surface area contributed by atoms with Crippen LogP contribution in [-0.4, -0.2) is 33.7 Å². The zero-order chi connectivity index (χ0) is 28.7. The molecule has 1 heterocycles.